The lowest BCUT2D eigenvalue weighted by molar-refractivity contribution is -0.870. The topological polar surface area (TPSA) is 91.3 Å². The van der Waals surface area contributed by atoms with Crippen LogP contribution in [0.15, 0.2) is 24.3 Å². The highest BCUT2D eigenvalue weighted by molar-refractivity contribution is 7.47. The molecule has 0 aromatic heterocycles. The molecule has 0 aromatic carbocycles. The Morgan fingerprint density at radius 1 is 0.660 bits per heavy atom. The van der Waals surface area contributed by atoms with E-state index in [1.54, 1.807) is 0 Å². The van der Waals surface area contributed by atoms with Crippen LogP contribution in [0.5, 0.6) is 0 Å². The lowest BCUT2D eigenvalue weighted by atomic mass is 10.0. The molecule has 47 heavy (non-hydrogen) atoms. The van der Waals surface area contributed by atoms with Crippen molar-refractivity contribution in [1.82, 2.24) is 0 Å². The van der Waals surface area contributed by atoms with Crippen molar-refractivity contribution in [3.8, 4) is 0 Å². The number of ether oxygens (including phenoxy) is 2. The van der Waals surface area contributed by atoms with E-state index in [1.807, 2.05) is 21.1 Å². The SMILES string of the molecule is CCCCCCC/C=C\C/C=C\CCCCCCCCCCCCCCCCOCC(COP(=O)(O)OCC[N+](C)(C)C)OC(C)=O. The van der Waals surface area contributed by atoms with E-state index in [4.69, 9.17) is 18.5 Å². The number of likely N-dealkylation sites (N-methyl/N-ethyl adjacent to an activating group) is 1. The molecule has 0 fully saturated rings. The van der Waals surface area contributed by atoms with Gasteiger partial charge in [0.05, 0.1) is 34.4 Å². The van der Waals surface area contributed by atoms with Crippen LogP contribution >= 0.6 is 7.82 Å². The quantitative estimate of drug-likeness (QED) is 0.0233. The molecule has 278 valence electrons. The number of unbranched alkanes of at least 4 members (excludes halogenated alkanes) is 19. The Labute approximate surface area is 290 Å². The van der Waals surface area contributed by atoms with E-state index in [2.05, 4.69) is 31.2 Å². The fraction of sp³-hybridized carbons (Fsp3) is 0.868. The molecular formula is C38H75NO7P+. The van der Waals surface area contributed by atoms with Crippen LogP contribution in [0.25, 0.3) is 0 Å². The molecule has 8 nitrogen and oxygen atoms in total. The van der Waals surface area contributed by atoms with Crippen molar-refractivity contribution in [1.29, 1.82) is 0 Å². The number of carbonyl (C=O) groups is 1. The van der Waals surface area contributed by atoms with Gasteiger partial charge in [-0.2, -0.15) is 0 Å². The third-order valence-corrected chi connectivity index (χ3v) is 9.05. The second-order valence-corrected chi connectivity index (χ2v) is 15.5. The molecule has 0 saturated carbocycles. The first-order chi connectivity index (χ1) is 22.6. The molecule has 0 bridgehead atoms. The zero-order chi connectivity index (χ0) is 34.9. The Balaban J connectivity index is 3.56. The molecule has 0 saturated heterocycles. The first-order valence-electron chi connectivity index (χ1n) is 19.0. The maximum absolute atomic E-state index is 12.1. The minimum atomic E-state index is -4.22. The van der Waals surface area contributed by atoms with Gasteiger partial charge in [-0.1, -0.05) is 134 Å². The third-order valence-electron chi connectivity index (χ3n) is 8.07. The predicted octanol–water partition coefficient (Wildman–Crippen LogP) is 10.5. The maximum atomic E-state index is 12.1. The summed E-state index contributed by atoms with van der Waals surface area (Å²) in [6, 6.07) is 0. The van der Waals surface area contributed by atoms with Crippen molar-refractivity contribution in [2.24, 2.45) is 0 Å². The smallest absolute Gasteiger partial charge is 0.458 e. The van der Waals surface area contributed by atoms with Crippen molar-refractivity contribution in [2.45, 2.75) is 161 Å². The van der Waals surface area contributed by atoms with Gasteiger partial charge in [-0.3, -0.25) is 13.8 Å². The van der Waals surface area contributed by atoms with Gasteiger partial charge < -0.3 is 18.9 Å². The van der Waals surface area contributed by atoms with Gasteiger partial charge in [-0.25, -0.2) is 4.57 Å². The van der Waals surface area contributed by atoms with Crippen molar-refractivity contribution in [3.63, 3.8) is 0 Å². The fourth-order valence-corrected chi connectivity index (χ4v) is 5.91. The number of rotatable bonds is 35. The van der Waals surface area contributed by atoms with Gasteiger partial charge in [0.2, 0.25) is 0 Å². The number of phosphoric ester groups is 1. The molecule has 9 heteroatoms. The summed E-state index contributed by atoms with van der Waals surface area (Å²) in [5.74, 6) is -0.489. The molecule has 2 atom stereocenters. The second kappa shape index (κ2) is 32.2. The zero-order valence-corrected chi connectivity index (χ0v) is 32.2. The van der Waals surface area contributed by atoms with Gasteiger partial charge in [-0.05, 0) is 38.5 Å². The van der Waals surface area contributed by atoms with E-state index in [-0.39, 0.29) is 19.8 Å². The van der Waals surface area contributed by atoms with E-state index in [0.717, 1.165) is 19.3 Å². The van der Waals surface area contributed by atoms with Crippen molar-refractivity contribution >= 4 is 13.8 Å². The molecule has 0 spiro atoms. The van der Waals surface area contributed by atoms with E-state index >= 15 is 0 Å². The largest absolute Gasteiger partial charge is 0.472 e. The number of carbonyl (C=O) groups excluding carboxylic acids is 1. The molecule has 0 aromatic rings. The summed E-state index contributed by atoms with van der Waals surface area (Å²) in [5, 5.41) is 0. The molecule has 0 aliphatic heterocycles. The predicted molar refractivity (Wildman–Crippen MR) is 197 cm³/mol. The Morgan fingerprint density at radius 3 is 1.60 bits per heavy atom. The molecule has 0 aliphatic rings. The summed E-state index contributed by atoms with van der Waals surface area (Å²) in [6.45, 7) is 4.63. The number of esters is 1. The van der Waals surface area contributed by atoms with Gasteiger partial charge in [-0.15, -0.1) is 0 Å². The Kier molecular flexibility index (Phi) is 31.5. The molecule has 0 radical (unpaired) electrons. The fourth-order valence-electron chi connectivity index (χ4n) is 5.17. The normalized spacial score (nSPS) is 14.3. The van der Waals surface area contributed by atoms with Crippen LogP contribution < -0.4 is 0 Å². The first-order valence-corrected chi connectivity index (χ1v) is 20.5. The number of hydrogen-bond donors (Lipinski definition) is 1. The number of nitrogens with zero attached hydrogens (tertiary/aromatic N) is 1. The van der Waals surface area contributed by atoms with Crippen LogP contribution in [0.2, 0.25) is 0 Å². The number of quaternary nitrogens is 1. The van der Waals surface area contributed by atoms with Crippen LogP contribution in [0.4, 0.5) is 0 Å². The number of allylic oxidation sites excluding steroid dienone is 4. The third kappa shape index (κ3) is 37.6. The monoisotopic (exact) mass is 689 g/mol. The minimum Gasteiger partial charge on any atom is -0.458 e. The highest BCUT2D eigenvalue weighted by Gasteiger charge is 2.25. The summed E-state index contributed by atoms with van der Waals surface area (Å²) >= 11 is 0. The Morgan fingerprint density at radius 2 is 1.13 bits per heavy atom. The highest BCUT2D eigenvalue weighted by atomic mass is 31.2. The molecule has 0 amide bonds. The van der Waals surface area contributed by atoms with Crippen molar-refractivity contribution in [3.05, 3.63) is 24.3 Å². The molecule has 0 heterocycles. The van der Waals surface area contributed by atoms with Crippen LogP contribution in [0.3, 0.4) is 0 Å². The van der Waals surface area contributed by atoms with Crippen LogP contribution in [-0.4, -0.2) is 75.6 Å². The van der Waals surface area contributed by atoms with Gasteiger partial charge in [0.25, 0.3) is 0 Å². The van der Waals surface area contributed by atoms with Gasteiger partial charge >= 0.3 is 13.8 Å². The van der Waals surface area contributed by atoms with E-state index < -0.39 is 19.9 Å². The highest BCUT2D eigenvalue weighted by Crippen LogP contribution is 2.43. The number of hydrogen-bond acceptors (Lipinski definition) is 6. The average molecular weight is 689 g/mol. The van der Waals surface area contributed by atoms with E-state index in [1.165, 1.54) is 129 Å². The van der Waals surface area contributed by atoms with Gasteiger partial charge in [0.15, 0.2) is 0 Å². The van der Waals surface area contributed by atoms with E-state index in [9.17, 15) is 14.3 Å². The van der Waals surface area contributed by atoms with Crippen LogP contribution in [-0.2, 0) is 27.9 Å². The van der Waals surface area contributed by atoms with Crippen molar-refractivity contribution in [2.75, 3.05) is 54.1 Å². The first kappa shape index (κ1) is 46.0. The van der Waals surface area contributed by atoms with Crippen molar-refractivity contribution < 1.29 is 37.3 Å². The molecular weight excluding hydrogens is 613 g/mol. The zero-order valence-electron chi connectivity index (χ0n) is 31.3. The van der Waals surface area contributed by atoms with Crippen LogP contribution in [0, 0.1) is 0 Å². The molecule has 0 aliphatic carbocycles. The Bertz CT molecular complexity index is 812. The maximum Gasteiger partial charge on any atom is 0.472 e. The summed E-state index contributed by atoms with van der Waals surface area (Å²) < 4.78 is 33.6. The molecule has 2 unspecified atom stereocenters. The summed E-state index contributed by atoms with van der Waals surface area (Å²) in [5.41, 5.74) is 0. The Hall–Kier alpha value is -1.02. The van der Waals surface area contributed by atoms with Gasteiger partial charge in [0.1, 0.15) is 19.3 Å². The second-order valence-electron chi connectivity index (χ2n) is 14.0. The van der Waals surface area contributed by atoms with Crippen LogP contribution in [0.1, 0.15) is 155 Å². The van der Waals surface area contributed by atoms with E-state index in [0.29, 0.717) is 17.6 Å². The molecule has 0 rings (SSSR count). The molecule has 1 N–H and O–H groups in total. The van der Waals surface area contributed by atoms with Gasteiger partial charge in [0, 0.05) is 13.5 Å². The minimum absolute atomic E-state index is 0.0861. The average Bonchev–Trinajstić information content (AvgIpc) is 3.00. The lowest BCUT2D eigenvalue weighted by Gasteiger charge is -2.24. The number of phosphoric acid groups is 1. The summed E-state index contributed by atoms with van der Waals surface area (Å²) in [7, 11) is 1.66. The summed E-state index contributed by atoms with van der Waals surface area (Å²) in [6.07, 6.45) is 37.1. The standard InChI is InChI=1S/C38H74NO7P/c1-6-7-8-9-10-11-12-13-14-15-16-17-18-19-20-21-22-23-24-25-26-27-28-29-30-31-33-43-35-38(46-37(2)40)36-45-47(41,42)44-34-32-39(3,4)5/h12-13,15-16,38H,6-11,14,17-36H2,1-5H3/p+1/b13-12-,16-15-. The summed E-state index contributed by atoms with van der Waals surface area (Å²) in [4.78, 5) is 21.3. The lowest BCUT2D eigenvalue weighted by Crippen LogP contribution is -2.37.